The number of nitrogens with one attached hydrogen (secondary N) is 2. The lowest BCUT2D eigenvalue weighted by Gasteiger charge is -2.13. The Morgan fingerprint density at radius 3 is 2.88 bits per heavy atom. The second-order valence-electron chi connectivity index (χ2n) is 6.15. The van der Waals surface area contributed by atoms with Crippen LogP contribution in [0.4, 0.5) is 0 Å². The summed E-state index contributed by atoms with van der Waals surface area (Å²) in [6.45, 7) is 5.39. The third-order valence-corrected chi connectivity index (χ3v) is 4.23. The van der Waals surface area contributed by atoms with Crippen LogP contribution in [-0.2, 0) is 11.2 Å². The van der Waals surface area contributed by atoms with Crippen LogP contribution >= 0.6 is 0 Å². The van der Waals surface area contributed by atoms with E-state index in [4.69, 9.17) is 4.74 Å². The molecule has 134 valence electrons. The van der Waals surface area contributed by atoms with Crippen LogP contribution in [0.3, 0.4) is 0 Å². The Morgan fingerprint density at radius 2 is 2.20 bits per heavy atom. The number of aromatic nitrogens is 2. The lowest BCUT2D eigenvalue weighted by atomic mass is 10.1. The van der Waals surface area contributed by atoms with Gasteiger partial charge in [-0.1, -0.05) is 12.1 Å². The van der Waals surface area contributed by atoms with Crippen molar-refractivity contribution in [1.29, 1.82) is 0 Å². The van der Waals surface area contributed by atoms with Gasteiger partial charge in [0, 0.05) is 32.1 Å². The van der Waals surface area contributed by atoms with Crippen molar-refractivity contribution < 1.29 is 4.74 Å². The minimum Gasteiger partial charge on any atom is -0.376 e. The van der Waals surface area contributed by atoms with Crippen molar-refractivity contribution in [2.45, 2.75) is 32.3 Å². The molecule has 3 rings (SSSR count). The predicted molar refractivity (Wildman–Crippen MR) is 100 cm³/mol. The molecule has 0 aliphatic carbocycles. The molecule has 0 radical (unpaired) electrons. The molecule has 6 nitrogen and oxygen atoms in total. The Labute approximate surface area is 149 Å². The molecule has 1 aliphatic heterocycles. The highest BCUT2D eigenvalue weighted by atomic mass is 16.5. The first-order valence-corrected chi connectivity index (χ1v) is 9.08. The van der Waals surface area contributed by atoms with Crippen LogP contribution in [0.25, 0.3) is 5.69 Å². The third-order valence-electron chi connectivity index (χ3n) is 4.23. The zero-order chi connectivity index (χ0) is 17.3. The number of rotatable bonds is 7. The average Bonchev–Trinajstić information content (AvgIpc) is 3.34. The summed E-state index contributed by atoms with van der Waals surface area (Å²) in [4.78, 5) is 4.63. The number of hydrogen-bond donors (Lipinski definition) is 2. The van der Waals surface area contributed by atoms with E-state index >= 15 is 0 Å². The van der Waals surface area contributed by atoms with Gasteiger partial charge in [-0.15, -0.1) is 0 Å². The van der Waals surface area contributed by atoms with E-state index in [-0.39, 0.29) is 6.10 Å². The van der Waals surface area contributed by atoms with Gasteiger partial charge in [-0.05, 0) is 49.9 Å². The zero-order valence-electron chi connectivity index (χ0n) is 14.8. The van der Waals surface area contributed by atoms with Crippen LogP contribution in [0.2, 0.25) is 0 Å². The summed E-state index contributed by atoms with van der Waals surface area (Å²) < 4.78 is 7.49. The number of nitrogens with zero attached hydrogens (tertiary/aromatic N) is 3. The summed E-state index contributed by atoms with van der Waals surface area (Å²) in [5.74, 6) is 0.867. The molecule has 0 saturated carbocycles. The molecule has 1 fully saturated rings. The number of hydrogen-bond acceptors (Lipinski definition) is 3. The molecule has 0 spiro atoms. The molecule has 1 saturated heterocycles. The van der Waals surface area contributed by atoms with Gasteiger partial charge in [0.05, 0.1) is 18.3 Å². The molecule has 2 heterocycles. The molecule has 2 aromatic rings. The highest BCUT2D eigenvalue weighted by molar-refractivity contribution is 5.79. The summed E-state index contributed by atoms with van der Waals surface area (Å²) in [7, 11) is 0. The lowest BCUT2D eigenvalue weighted by molar-refractivity contribution is 0.117. The fourth-order valence-electron chi connectivity index (χ4n) is 2.89. The van der Waals surface area contributed by atoms with Gasteiger partial charge in [-0.25, -0.2) is 4.68 Å². The van der Waals surface area contributed by atoms with E-state index in [2.05, 4.69) is 51.9 Å². The van der Waals surface area contributed by atoms with E-state index in [1.807, 2.05) is 16.9 Å². The minimum atomic E-state index is 0.283. The largest absolute Gasteiger partial charge is 0.376 e. The molecule has 1 aliphatic rings. The van der Waals surface area contributed by atoms with Crippen molar-refractivity contribution >= 4 is 5.96 Å². The predicted octanol–water partition coefficient (Wildman–Crippen LogP) is 2.15. The summed E-state index contributed by atoms with van der Waals surface area (Å²) in [5.41, 5.74) is 2.37. The standard InChI is InChI=1S/C19H27N5O/c1-2-20-19(22-15-18-5-3-14-25-18)21-12-10-16-6-8-17(9-7-16)24-13-4-11-23-24/h4,6-9,11,13,18H,2-3,5,10,12,14-15H2,1H3,(H2,20,21,22). The van der Waals surface area contributed by atoms with Gasteiger partial charge in [0.2, 0.25) is 0 Å². The van der Waals surface area contributed by atoms with E-state index in [1.165, 1.54) is 5.56 Å². The Bertz CT molecular complexity index is 645. The highest BCUT2D eigenvalue weighted by Gasteiger charge is 2.14. The second kappa shape index (κ2) is 9.22. The van der Waals surface area contributed by atoms with E-state index in [9.17, 15) is 0 Å². The van der Waals surface area contributed by atoms with Crippen molar-refractivity contribution in [1.82, 2.24) is 20.4 Å². The number of guanidine groups is 1. The van der Waals surface area contributed by atoms with E-state index in [0.717, 1.165) is 57.2 Å². The van der Waals surface area contributed by atoms with Crippen molar-refractivity contribution in [3.05, 3.63) is 48.3 Å². The Balaban J connectivity index is 1.47. The Morgan fingerprint density at radius 1 is 1.32 bits per heavy atom. The van der Waals surface area contributed by atoms with Crippen molar-refractivity contribution in [2.75, 3.05) is 26.2 Å². The number of aliphatic imine (C=N–C) groups is 1. The number of benzene rings is 1. The van der Waals surface area contributed by atoms with E-state index < -0.39 is 0 Å². The maximum atomic E-state index is 5.63. The number of ether oxygens (including phenoxy) is 1. The van der Waals surface area contributed by atoms with Crippen molar-refractivity contribution in [2.24, 2.45) is 4.99 Å². The highest BCUT2D eigenvalue weighted by Crippen LogP contribution is 2.12. The van der Waals surface area contributed by atoms with Gasteiger partial charge >= 0.3 is 0 Å². The topological polar surface area (TPSA) is 63.5 Å². The monoisotopic (exact) mass is 341 g/mol. The molecule has 0 amide bonds. The summed E-state index contributed by atoms with van der Waals surface area (Å²) in [6.07, 6.45) is 7.23. The van der Waals surface area contributed by atoms with Crippen LogP contribution < -0.4 is 10.6 Å². The van der Waals surface area contributed by atoms with Gasteiger partial charge in [-0.2, -0.15) is 5.10 Å². The lowest BCUT2D eigenvalue weighted by Crippen LogP contribution is -2.38. The molecule has 1 aromatic carbocycles. The second-order valence-corrected chi connectivity index (χ2v) is 6.15. The average molecular weight is 341 g/mol. The van der Waals surface area contributed by atoms with Gasteiger partial charge in [0.15, 0.2) is 5.96 Å². The molecular formula is C19H27N5O. The molecule has 6 heteroatoms. The van der Waals surface area contributed by atoms with Gasteiger partial charge < -0.3 is 15.4 Å². The molecule has 25 heavy (non-hydrogen) atoms. The van der Waals surface area contributed by atoms with Crippen LogP contribution in [0.1, 0.15) is 25.3 Å². The summed E-state index contributed by atoms with van der Waals surface area (Å²) in [6, 6.07) is 10.4. The molecule has 1 aromatic heterocycles. The van der Waals surface area contributed by atoms with Crippen molar-refractivity contribution in [3.8, 4) is 5.69 Å². The smallest absolute Gasteiger partial charge is 0.191 e. The normalized spacial score (nSPS) is 17.6. The molecule has 2 N–H and O–H groups in total. The van der Waals surface area contributed by atoms with E-state index in [1.54, 1.807) is 6.20 Å². The SMILES string of the molecule is CCNC(=NCC1CCCO1)NCCc1ccc(-n2cccn2)cc1. The maximum absolute atomic E-state index is 5.63. The Hall–Kier alpha value is -2.34. The molecular weight excluding hydrogens is 314 g/mol. The quantitative estimate of drug-likeness (QED) is 0.598. The van der Waals surface area contributed by atoms with Gasteiger partial charge in [0.1, 0.15) is 0 Å². The van der Waals surface area contributed by atoms with Gasteiger partial charge in [0.25, 0.3) is 0 Å². The van der Waals surface area contributed by atoms with Crippen LogP contribution in [0.5, 0.6) is 0 Å². The molecule has 1 unspecified atom stereocenters. The fourth-order valence-corrected chi connectivity index (χ4v) is 2.89. The van der Waals surface area contributed by atoms with Gasteiger partial charge in [-0.3, -0.25) is 4.99 Å². The van der Waals surface area contributed by atoms with Crippen LogP contribution in [-0.4, -0.2) is 48.1 Å². The maximum Gasteiger partial charge on any atom is 0.191 e. The van der Waals surface area contributed by atoms with Crippen molar-refractivity contribution in [3.63, 3.8) is 0 Å². The first kappa shape index (κ1) is 17.5. The molecule has 1 atom stereocenters. The molecule has 0 bridgehead atoms. The van der Waals surface area contributed by atoms with Crippen LogP contribution in [0, 0.1) is 0 Å². The zero-order valence-corrected chi connectivity index (χ0v) is 14.8. The Kier molecular flexibility index (Phi) is 6.45. The minimum absolute atomic E-state index is 0.283. The first-order chi connectivity index (χ1) is 12.3. The van der Waals surface area contributed by atoms with E-state index in [0.29, 0.717) is 0 Å². The van der Waals surface area contributed by atoms with Crippen LogP contribution in [0.15, 0.2) is 47.7 Å². The fraction of sp³-hybridized carbons (Fsp3) is 0.474. The summed E-state index contributed by atoms with van der Waals surface area (Å²) >= 11 is 0. The third kappa shape index (κ3) is 5.32. The first-order valence-electron chi connectivity index (χ1n) is 9.08. The summed E-state index contributed by atoms with van der Waals surface area (Å²) in [5, 5.41) is 10.9.